The minimum atomic E-state index is -0.496. The van der Waals surface area contributed by atoms with Crippen LogP contribution in [0.25, 0.3) is 0 Å². The lowest BCUT2D eigenvalue weighted by atomic mass is 9.96. The molecule has 30 heavy (non-hydrogen) atoms. The fourth-order valence-electron chi connectivity index (χ4n) is 3.02. The van der Waals surface area contributed by atoms with Gasteiger partial charge in [-0.15, -0.1) is 17.5 Å². The molecule has 3 N–H and O–H groups in total. The molecule has 2 unspecified atom stereocenters. The largest absolute Gasteiger partial charge is 0.407 e. The van der Waals surface area contributed by atoms with Crippen LogP contribution in [-0.2, 0) is 0 Å². The number of hydrogen-bond donors (Lipinski definition) is 3. The monoisotopic (exact) mass is 427 g/mol. The van der Waals surface area contributed by atoms with E-state index in [0.717, 1.165) is 5.56 Å². The number of rotatable bonds is 5. The SMILES string of the molecule is CC(c1cccc(C(=O)c2ccccc2)c1)c1nnc(NC2=NCC(O)CN2)o1.Cl. The summed E-state index contributed by atoms with van der Waals surface area (Å²) in [5.74, 6) is 0.683. The number of nitrogens with zero attached hydrogens (tertiary/aromatic N) is 3. The van der Waals surface area contributed by atoms with Gasteiger partial charge in [-0.25, -0.2) is 0 Å². The summed E-state index contributed by atoms with van der Waals surface area (Å²) in [5, 5.41) is 23.4. The number of β-amino-alcohol motifs (C(OH)–C–C–N with tert-alkyl or cyclic N) is 1. The van der Waals surface area contributed by atoms with Crippen molar-refractivity contribution >= 4 is 30.2 Å². The van der Waals surface area contributed by atoms with Crippen LogP contribution >= 0.6 is 12.4 Å². The predicted molar refractivity (Wildman–Crippen MR) is 115 cm³/mol. The number of aliphatic hydroxyl groups is 1. The maximum atomic E-state index is 12.7. The Labute approximate surface area is 179 Å². The Bertz CT molecular complexity index is 1040. The van der Waals surface area contributed by atoms with Crippen molar-refractivity contribution in [3.05, 3.63) is 77.2 Å². The van der Waals surface area contributed by atoms with E-state index in [9.17, 15) is 9.90 Å². The molecule has 0 bridgehead atoms. The van der Waals surface area contributed by atoms with Crippen molar-refractivity contribution in [3.63, 3.8) is 0 Å². The molecule has 0 aliphatic carbocycles. The van der Waals surface area contributed by atoms with Crippen molar-refractivity contribution in [1.29, 1.82) is 0 Å². The minimum absolute atomic E-state index is 0. The van der Waals surface area contributed by atoms with Crippen LogP contribution in [0.2, 0.25) is 0 Å². The molecule has 0 fully saturated rings. The molecule has 2 aromatic carbocycles. The van der Waals surface area contributed by atoms with Crippen LogP contribution in [0.1, 0.15) is 40.2 Å². The van der Waals surface area contributed by atoms with Crippen molar-refractivity contribution in [2.75, 3.05) is 18.4 Å². The highest BCUT2D eigenvalue weighted by molar-refractivity contribution is 6.09. The van der Waals surface area contributed by atoms with E-state index in [0.29, 0.717) is 36.1 Å². The molecule has 0 radical (unpaired) electrons. The quantitative estimate of drug-likeness (QED) is 0.536. The summed E-state index contributed by atoms with van der Waals surface area (Å²) in [6, 6.07) is 16.8. The number of aliphatic imine (C=N–C) groups is 1. The first-order chi connectivity index (χ1) is 14.1. The first-order valence-electron chi connectivity index (χ1n) is 9.36. The number of halogens is 1. The van der Waals surface area contributed by atoms with Crippen LogP contribution in [0.4, 0.5) is 6.01 Å². The van der Waals surface area contributed by atoms with Crippen LogP contribution in [0.3, 0.4) is 0 Å². The Hall–Kier alpha value is -3.23. The van der Waals surface area contributed by atoms with Crippen molar-refractivity contribution in [3.8, 4) is 0 Å². The van der Waals surface area contributed by atoms with Gasteiger partial charge in [-0.1, -0.05) is 53.6 Å². The summed E-state index contributed by atoms with van der Waals surface area (Å²) < 4.78 is 5.71. The first kappa shape index (κ1) is 21.5. The molecule has 1 aliphatic heterocycles. The molecule has 156 valence electrons. The molecule has 0 spiro atoms. The molecule has 2 atom stereocenters. The van der Waals surface area contributed by atoms with Crippen LogP contribution in [-0.4, -0.2) is 46.2 Å². The third-order valence-electron chi connectivity index (χ3n) is 4.69. The highest BCUT2D eigenvalue weighted by atomic mass is 35.5. The van der Waals surface area contributed by atoms with Gasteiger partial charge in [0.15, 0.2) is 11.7 Å². The van der Waals surface area contributed by atoms with E-state index in [1.165, 1.54) is 0 Å². The van der Waals surface area contributed by atoms with E-state index < -0.39 is 6.10 Å². The second-order valence-corrected chi connectivity index (χ2v) is 6.84. The van der Waals surface area contributed by atoms with Gasteiger partial charge in [0.1, 0.15) is 0 Å². The molecule has 2 heterocycles. The van der Waals surface area contributed by atoms with Crippen molar-refractivity contribution < 1.29 is 14.3 Å². The zero-order valence-electron chi connectivity index (χ0n) is 16.3. The number of carbonyl (C=O) groups is 1. The maximum absolute atomic E-state index is 12.7. The number of guanidine groups is 1. The Morgan fingerprint density at radius 1 is 1.17 bits per heavy atom. The summed E-state index contributed by atoms with van der Waals surface area (Å²) >= 11 is 0. The van der Waals surface area contributed by atoms with E-state index in [1.807, 2.05) is 43.3 Å². The smallest absolute Gasteiger partial charge is 0.322 e. The number of carbonyl (C=O) groups excluding carboxylic acids is 1. The fraction of sp³-hybridized carbons (Fsp3) is 0.238. The van der Waals surface area contributed by atoms with Crippen molar-refractivity contribution in [2.45, 2.75) is 18.9 Å². The first-order valence-corrected chi connectivity index (χ1v) is 9.36. The average Bonchev–Trinajstić information content (AvgIpc) is 3.23. The Kier molecular flexibility index (Phi) is 6.81. The molecular formula is C21H22ClN5O3. The lowest BCUT2D eigenvalue weighted by molar-refractivity contribution is 0.103. The number of anilines is 1. The number of aromatic nitrogens is 2. The van der Waals surface area contributed by atoms with Gasteiger partial charge in [0, 0.05) is 17.7 Å². The Balaban J connectivity index is 0.00000256. The Morgan fingerprint density at radius 2 is 1.93 bits per heavy atom. The Morgan fingerprint density at radius 3 is 2.67 bits per heavy atom. The number of ketones is 1. The fourth-order valence-corrected chi connectivity index (χ4v) is 3.02. The van der Waals surface area contributed by atoms with Crippen LogP contribution in [0, 0.1) is 0 Å². The van der Waals surface area contributed by atoms with E-state index in [1.54, 1.807) is 18.2 Å². The zero-order valence-corrected chi connectivity index (χ0v) is 17.1. The van der Waals surface area contributed by atoms with Gasteiger partial charge in [-0.3, -0.25) is 15.1 Å². The summed E-state index contributed by atoms with van der Waals surface area (Å²) in [6.45, 7) is 2.66. The van der Waals surface area contributed by atoms with Gasteiger partial charge in [0.25, 0.3) is 0 Å². The number of benzene rings is 2. The highest BCUT2D eigenvalue weighted by Gasteiger charge is 2.19. The van der Waals surface area contributed by atoms with E-state index in [4.69, 9.17) is 4.42 Å². The third-order valence-corrected chi connectivity index (χ3v) is 4.69. The van der Waals surface area contributed by atoms with Gasteiger partial charge in [-0.05, 0) is 18.6 Å². The zero-order chi connectivity index (χ0) is 20.2. The number of aliphatic hydroxyl groups excluding tert-OH is 1. The molecule has 1 aliphatic rings. The molecule has 4 rings (SSSR count). The van der Waals surface area contributed by atoms with Gasteiger partial charge in [0.05, 0.1) is 18.6 Å². The summed E-state index contributed by atoms with van der Waals surface area (Å²) in [7, 11) is 0. The van der Waals surface area contributed by atoms with Crippen LogP contribution in [0.15, 0.2) is 64.0 Å². The molecule has 1 aromatic heterocycles. The molecule has 9 heteroatoms. The molecular weight excluding hydrogens is 406 g/mol. The van der Waals surface area contributed by atoms with Crippen LogP contribution in [0.5, 0.6) is 0 Å². The topological polar surface area (TPSA) is 113 Å². The second kappa shape index (κ2) is 9.51. The van der Waals surface area contributed by atoms with Gasteiger partial charge >= 0.3 is 6.01 Å². The minimum Gasteiger partial charge on any atom is -0.407 e. The van der Waals surface area contributed by atoms with Crippen LogP contribution < -0.4 is 10.6 Å². The maximum Gasteiger partial charge on any atom is 0.322 e. The second-order valence-electron chi connectivity index (χ2n) is 6.84. The normalized spacial score (nSPS) is 16.6. The lowest BCUT2D eigenvalue weighted by Gasteiger charge is -2.18. The van der Waals surface area contributed by atoms with Gasteiger partial charge in [-0.2, -0.15) is 0 Å². The average molecular weight is 428 g/mol. The van der Waals surface area contributed by atoms with E-state index in [2.05, 4.69) is 25.8 Å². The molecule has 0 saturated carbocycles. The highest BCUT2D eigenvalue weighted by Crippen LogP contribution is 2.25. The molecule has 8 nitrogen and oxygen atoms in total. The summed E-state index contributed by atoms with van der Waals surface area (Å²) in [4.78, 5) is 16.9. The third kappa shape index (κ3) is 4.84. The molecule has 0 saturated heterocycles. The van der Waals surface area contributed by atoms with Gasteiger partial charge < -0.3 is 14.8 Å². The number of nitrogens with one attached hydrogen (secondary N) is 2. The van der Waals surface area contributed by atoms with Crippen molar-refractivity contribution in [2.24, 2.45) is 4.99 Å². The van der Waals surface area contributed by atoms with E-state index in [-0.39, 0.29) is 30.1 Å². The number of hydrogen-bond acceptors (Lipinski definition) is 8. The van der Waals surface area contributed by atoms with Crippen molar-refractivity contribution in [1.82, 2.24) is 15.5 Å². The lowest BCUT2D eigenvalue weighted by Crippen LogP contribution is -2.42. The molecule has 0 amide bonds. The van der Waals surface area contributed by atoms with E-state index >= 15 is 0 Å². The van der Waals surface area contributed by atoms with Gasteiger partial charge in [0.2, 0.25) is 5.89 Å². The summed E-state index contributed by atoms with van der Waals surface area (Å²) in [6.07, 6.45) is -0.496. The standard InChI is InChI=1S/C21H21N5O3.ClH/c1-13(19-25-26-21(29-19)24-20-22-11-17(27)12-23-20)15-8-5-9-16(10-15)18(28)14-6-3-2-4-7-14;/h2-10,13,17,27H,11-12H2,1H3,(H2,22,23,24,26);1H. The summed E-state index contributed by atoms with van der Waals surface area (Å²) in [5.41, 5.74) is 2.16. The molecule has 3 aromatic rings. The predicted octanol–water partition coefficient (Wildman–Crippen LogP) is 2.61.